The molecule has 0 aromatic carbocycles. The Labute approximate surface area is 188 Å². The van der Waals surface area contributed by atoms with Gasteiger partial charge in [-0.2, -0.15) is 0 Å². The Morgan fingerprint density at radius 1 is 1.23 bits per heavy atom. The second-order valence-electron chi connectivity index (χ2n) is 11.5. The van der Waals surface area contributed by atoms with Crippen molar-refractivity contribution in [2.45, 2.75) is 109 Å². The maximum Gasteiger partial charge on any atom is 0.0811 e. The highest BCUT2D eigenvalue weighted by molar-refractivity contribution is 5.38. The topological polar surface area (TPSA) is 80.9 Å². The summed E-state index contributed by atoms with van der Waals surface area (Å²) in [6, 6.07) is 0. The van der Waals surface area contributed by atoms with E-state index in [0.29, 0.717) is 37.0 Å². The molecule has 0 radical (unpaired) electrons. The fraction of sp³-hybridized carbons (Fsp3) is 0.778. The molecule has 0 heterocycles. The first-order valence-corrected chi connectivity index (χ1v) is 12.3. The summed E-state index contributed by atoms with van der Waals surface area (Å²) in [4.78, 5) is 0. The van der Waals surface area contributed by atoms with Crippen molar-refractivity contribution in [2.24, 2.45) is 23.2 Å². The van der Waals surface area contributed by atoms with Crippen LogP contribution in [-0.2, 0) is 0 Å². The lowest BCUT2D eigenvalue weighted by Gasteiger charge is -2.44. The molecule has 0 amide bonds. The van der Waals surface area contributed by atoms with E-state index in [-0.39, 0.29) is 5.41 Å². The van der Waals surface area contributed by atoms with Gasteiger partial charge >= 0.3 is 0 Å². The van der Waals surface area contributed by atoms with Gasteiger partial charge in [-0.05, 0) is 93.1 Å². The average molecular weight is 433 g/mol. The maximum absolute atomic E-state index is 10.5. The van der Waals surface area contributed by atoms with Crippen molar-refractivity contribution in [3.8, 4) is 0 Å². The zero-order chi connectivity index (χ0) is 23.0. The summed E-state index contributed by atoms with van der Waals surface area (Å²) in [5.41, 5.74) is 2.64. The van der Waals surface area contributed by atoms with Crippen molar-refractivity contribution in [3.05, 3.63) is 35.5 Å². The molecule has 0 spiro atoms. The van der Waals surface area contributed by atoms with E-state index in [1.54, 1.807) is 13.8 Å². The van der Waals surface area contributed by atoms with Crippen molar-refractivity contribution in [1.82, 2.24) is 0 Å². The lowest BCUT2D eigenvalue weighted by Crippen LogP contribution is -2.37. The Hall–Kier alpha value is -0.940. The summed E-state index contributed by atoms with van der Waals surface area (Å²) in [6.07, 6.45) is 10.8. The highest BCUT2D eigenvalue weighted by Crippen LogP contribution is 2.60. The van der Waals surface area contributed by atoms with Gasteiger partial charge in [0, 0.05) is 12.8 Å². The molecule has 3 aliphatic rings. The van der Waals surface area contributed by atoms with E-state index in [1.807, 2.05) is 0 Å². The molecular weight excluding hydrogens is 388 g/mol. The van der Waals surface area contributed by atoms with Gasteiger partial charge in [-0.15, -0.1) is 0 Å². The lowest BCUT2D eigenvalue weighted by molar-refractivity contribution is 0.000127. The van der Waals surface area contributed by atoms with Crippen LogP contribution >= 0.6 is 0 Å². The van der Waals surface area contributed by atoms with Crippen LogP contribution in [0.4, 0.5) is 0 Å². The lowest BCUT2D eigenvalue weighted by atomic mass is 9.60. The van der Waals surface area contributed by atoms with Crippen molar-refractivity contribution < 1.29 is 20.4 Å². The van der Waals surface area contributed by atoms with Crippen LogP contribution in [0.5, 0.6) is 0 Å². The summed E-state index contributed by atoms with van der Waals surface area (Å²) < 4.78 is 0. The minimum absolute atomic E-state index is 0.249. The third-order valence-corrected chi connectivity index (χ3v) is 8.37. The molecule has 0 aromatic heterocycles. The zero-order valence-electron chi connectivity index (χ0n) is 20.0. The standard InChI is InChI=1S/C27H44O4/c1-17(13-22(29)16-26(3,4)31)23-10-11-24-19(7-6-12-27(23,24)5)8-9-20-14-21(28)15-25(30)18(20)2/h8-9,17,21-25,28-31H,2,6-7,10-16H2,1,3-5H3/b19-8?,20-9-/t17-,21-,22+,23-,24?,25-,27-/m1/s1. The Kier molecular flexibility index (Phi) is 7.57. The highest BCUT2D eigenvalue weighted by Gasteiger charge is 2.50. The Bertz CT molecular complexity index is 715. The summed E-state index contributed by atoms with van der Waals surface area (Å²) in [6.45, 7) is 12.3. The third-order valence-electron chi connectivity index (χ3n) is 8.37. The van der Waals surface area contributed by atoms with Crippen LogP contribution in [0.3, 0.4) is 0 Å². The number of rotatable bonds is 6. The van der Waals surface area contributed by atoms with Crippen LogP contribution in [-0.4, -0.2) is 44.3 Å². The molecular formula is C27H44O4. The minimum atomic E-state index is -0.834. The normalized spacial score (nSPS) is 39.0. The molecule has 7 atom stereocenters. The van der Waals surface area contributed by atoms with Crippen molar-refractivity contribution >= 4 is 0 Å². The van der Waals surface area contributed by atoms with E-state index in [4.69, 9.17) is 0 Å². The van der Waals surface area contributed by atoms with Gasteiger partial charge < -0.3 is 20.4 Å². The smallest absolute Gasteiger partial charge is 0.0811 e. The molecule has 3 saturated carbocycles. The summed E-state index contributed by atoms with van der Waals surface area (Å²) >= 11 is 0. The monoisotopic (exact) mass is 432 g/mol. The number of hydrogen-bond donors (Lipinski definition) is 4. The van der Waals surface area contributed by atoms with E-state index >= 15 is 0 Å². The number of fused-ring (bicyclic) bond motifs is 1. The van der Waals surface area contributed by atoms with Crippen LogP contribution in [0.15, 0.2) is 35.5 Å². The van der Waals surface area contributed by atoms with Gasteiger partial charge in [0.1, 0.15) is 0 Å². The molecule has 3 aliphatic carbocycles. The second kappa shape index (κ2) is 9.51. The van der Waals surface area contributed by atoms with Gasteiger partial charge in [-0.1, -0.05) is 38.2 Å². The fourth-order valence-corrected chi connectivity index (χ4v) is 6.93. The Morgan fingerprint density at radius 2 is 1.94 bits per heavy atom. The number of allylic oxidation sites excluding steroid dienone is 3. The molecule has 4 N–H and O–H groups in total. The first kappa shape index (κ1) is 24.7. The van der Waals surface area contributed by atoms with E-state index in [0.717, 1.165) is 24.0 Å². The van der Waals surface area contributed by atoms with Gasteiger partial charge in [0.15, 0.2) is 0 Å². The number of hydrogen-bond acceptors (Lipinski definition) is 4. The first-order chi connectivity index (χ1) is 14.4. The van der Waals surface area contributed by atoms with Gasteiger partial charge in [0.2, 0.25) is 0 Å². The molecule has 0 aromatic rings. The third kappa shape index (κ3) is 5.71. The van der Waals surface area contributed by atoms with Crippen LogP contribution in [0.2, 0.25) is 0 Å². The van der Waals surface area contributed by atoms with Crippen molar-refractivity contribution in [2.75, 3.05) is 0 Å². The molecule has 0 bridgehead atoms. The second-order valence-corrected chi connectivity index (χ2v) is 11.5. The fourth-order valence-electron chi connectivity index (χ4n) is 6.93. The molecule has 3 fully saturated rings. The van der Waals surface area contributed by atoms with Crippen LogP contribution in [0.1, 0.15) is 85.5 Å². The largest absolute Gasteiger partial charge is 0.393 e. The SMILES string of the molecule is C=C1/C(=C\C=C2CCC[C@@]3(C)C2CC[C@@H]3[C@H](C)C[C@H](O)CC(C)(C)O)C[C@@H](O)C[C@H]1O. The molecule has 31 heavy (non-hydrogen) atoms. The summed E-state index contributed by atoms with van der Waals surface area (Å²) in [7, 11) is 0. The van der Waals surface area contributed by atoms with Gasteiger partial charge in [-0.3, -0.25) is 0 Å². The van der Waals surface area contributed by atoms with Crippen LogP contribution in [0, 0.1) is 23.2 Å². The van der Waals surface area contributed by atoms with Crippen LogP contribution < -0.4 is 0 Å². The minimum Gasteiger partial charge on any atom is -0.393 e. The van der Waals surface area contributed by atoms with Gasteiger partial charge in [0.05, 0.1) is 23.9 Å². The van der Waals surface area contributed by atoms with Crippen LogP contribution in [0.25, 0.3) is 0 Å². The summed E-state index contributed by atoms with van der Waals surface area (Å²) in [5, 5.41) is 40.7. The van der Waals surface area contributed by atoms with E-state index < -0.39 is 23.9 Å². The number of aliphatic hydroxyl groups is 4. The molecule has 4 nitrogen and oxygen atoms in total. The van der Waals surface area contributed by atoms with Crippen molar-refractivity contribution in [3.63, 3.8) is 0 Å². The predicted molar refractivity (Wildman–Crippen MR) is 125 cm³/mol. The molecule has 0 saturated heterocycles. The van der Waals surface area contributed by atoms with Gasteiger partial charge in [0.25, 0.3) is 0 Å². The quantitative estimate of drug-likeness (QED) is 0.491. The molecule has 0 aliphatic heterocycles. The zero-order valence-corrected chi connectivity index (χ0v) is 20.0. The van der Waals surface area contributed by atoms with Crippen molar-refractivity contribution in [1.29, 1.82) is 0 Å². The highest BCUT2D eigenvalue weighted by atomic mass is 16.3. The van der Waals surface area contributed by atoms with E-state index in [2.05, 4.69) is 32.6 Å². The van der Waals surface area contributed by atoms with Gasteiger partial charge in [-0.25, -0.2) is 0 Å². The Balaban J connectivity index is 1.72. The molecule has 1 unspecified atom stereocenters. The average Bonchev–Trinajstić information content (AvgIpc) is 2.99. The van der Waals surface area contributed by atoms with E-state index in [9.17, 15) is 20.4 Å². The molecule has 176 valence electrons. The first-order valence-electron chi connectivity index (χ1n) is 12.3. The Morgan fingerprint density at radius 3 is 2.61 bits per heavy atom. The predicted octanol–water partition coefficient (Wildman–Crippen LogP) is 4.68. The maximum atomic E-state index is 10.5. The van der Waals surface area contributed by atoms with E-state index in [1.165, 1.54) is 31.3 Å². The number of aliphatic hydroxyl groups excluding tert-OH is 3. The molecule has 4 heteroatoms. The molecule has 3 rings (SSSR count). The summed E-state index contributed by atoms with van der Waals surface area (Å²) in [5.74, 6) is 1.57.